The Morgan fingerprint density at radius 3 is 2.81 bits per heavy atom. The molecule has 0 saturated heterocycles. The number of aliphatic carboxylic acids is 1. The fourth-order valence-corrected chi connectivity index (χ4v) is 1.69. The molecule has 0 radical (unpaired) electrons. The normalized spacial score (nSPS) is 17.4. The topological polar surface area (TPSA) is 66.4 Å². The van der Waals surface area contributed by atoms with Gasteiger partial charge in [0.2, 0.25) is 5.91 Å². The van der Waals surface area contributed by atoms with Gasteiger partial charge in [0.1, 0.15) is 0 Å². The quantitative estimate of drug-likeness (QED) is 0.700. The molecule has 0 aliphatic heterocycles. The van der Waals surface area contributed by atoms with Gasteiger partial charge in [0.05, 0.1) is 5.92 Å². The lowest BCUT2D eigenvalue weighted by Gasteiger charge is -2.13. The minimum atomic E-state index is -0.878. The standard InChI is InChI=1S/C12H19NO3/c1-9(12(15)16)8-13-11(14)7-10-5-3-2-4-6-10/h5,9H,2-4,6-8H2,1H3,(H,13,14)(H,15,16). The summed E-state index contributed by atoms with van der Waals surface area (Å²) in [6.45, 7) is 1.80. The maximum absolute atomic E-state index is 11.5. The molecule has 0 aromatic rings. The van der Waals surface area contributed by atoms with Gasteiger partial charge in [0.15, 0.2) is 0 Å². The summed E-state index contributed by atoms with van der Waals surface area (Å²) in [5, 5.41) is 11.3. The van der Waals surface area contributed by atoms with E-state index in [1.54, 1.807) is 6.92 Å². The number of nitrogens with one attached hydrogen (secondary N) is 1. The molecule has 1 atom stereocenters. The first-order chi connectivity index (χ1) is 7.59. The van der Waals surface area contributed by atoms with E-state index >= 15 is 0 Å². The molecular weight excluding hydrogens is 206 g/mol. The summed E-state index contributed by atoms with van der Waals surface area (Å²) < 4.78 is 0. The van der Waals surface area contributed by atoms with Gasteiger partial charge in [-0.3, -0.25) is 9.59 Å². The Hall–Kier alpha value is -1.32. The zero-order valence-electron chi connectivity index (χ0n) is 9.66. The van der Waals surface area contributed by atoms with Crippen molar-refractivity contribution in [1.29, 1.82) is 0 Å². The third-order valence-corrected chi connectivity index (χ3v) is 2.80. The summed E-state index contributed by atoms with van der Waals surface area (Å²) in [5.41, 5.74) is 1.19. The van der Waals surface area contributed by atoms with Gasteiger partial charge in [-0.15, -0.1) is 0 Å². The summed E-state index contributed by atoms with van der Waals surface area (Å²) in [7, 11) is 0. The molecule has 0 heterocycles. The van der Waals surface area contributed by atoms with E-state index < -0.39 is 11.9 Å². The number of carbonyl (C=O) groups is 2. The van der Waals surface area contributed by atoms with Gasteiger partial charge in [-0.25, -0.2) is 0 Å². The van der Waals surface area contributed by atoms with Crippen LogP contribution in [0.5, 0.6) is 0 Å². The van der Waals surface area contributed by atoms with Crippen molar-refractivity contribution in [1.82, 2.24) is 5.32 Å². The predicted molar refractivity (Wildman–Crippen MR) is 61.0 cm³/mol. The van der Waals surface area contributed by atoms with Crippen LogP contribution >= 0.6 is 0 Å². The van der Waals surface area contributed by atoms with Gasteiger partial charge >= 0.3 is 5.97 Å². The van der Waals surface area contributed by atoms with Gasteiger partial charge in [0.25, 0.3) is 0 Å². The number of amides is 1. The van der Waals surface area contributed by atoms with Crippen LogP contribution in [0.4, 0.5) is 0 Å². The van der Waals surface area contributed by atoms with Gasteiger partial charge in [-0.1, -0.05) is 18.6 Å². The van der Waals surface area contributed by atoms with Gasteiger partial charge in [0, 0.05) is 13.0 Å². The van der Waals surface area contributed by atoms with Crippen molar-refractivity contribution in [3.63, 3.8) is 0 Å². The molecule has 2 N–H and O–H groups in total. The molecule has 1 rings (SSSR count). The van der Waals surface area contributed by atoms with Crippen molar-refractivity contribution in [3.8, 4) is 0 Å². The molecular formula is C12H19NO3. The second-order valence-corrected chi connectivity index (χ2v) is 4.33. The molecule has 0 fully saturated rings. The lowest BCUT2D eigenvalue weighted by Crippen LogP contribution is -2.31. The molecule has 0 aromatic heterocycles. The Labute approximate surface area is 95.7 Å². The molecule has 4 nitrogen and oxygen atoms in total. The average Bonchev–Trinajstić information content (AvgIpc) is 2.27. The van der Waals surface area contributed by atoms with Crippen LogP contribution in [0.1, 0.15) is 39.0 Å². The van der Waals surface area contributed by atoms with E-state index in [2.05, 4.69) is 11.4 Å². The highest BCUT2D eigenvalue weighted by atomic mass is 16.4. The second-order valence-electron chi connectivity index (χ2n) is 4.33. The van der Waals surface area contributed by atoms with Crippen LogP contribution in [0.25, 0.3) is 0 Å². The van der Waals surface area contributed by atoms with Crippen LogP contribution in [0, 0.1) is 5.92 Å². The van der Waals surface area contributed by atoms with Crippen LogP contribution in [0.3, 0.4) is 0 Å². The van der Waals surface area contributed by atoms with E-state index in [1.165, 1.54) is 12.0 Å². The Bertz CT molecular complexity index is 297. The molecule has 4 heteroatoms. The smallest absolute Gasteiger partial charge is 0.308 e. The van der Waals surface area contributed by atoms with Crippen LogP contribution in [-0.2, 0) is 9.59 Å². The monoisotopic (exact) mass is 225 g/mol. The Morgan fingerprint density at radius 1 is 1.50 bits per heavy atom. The Balaban J connectivity index is 2.25. The van der Waals surface area contributed by atoms with Crippen molar-refractivity contribution in [2.45, 2.75) is 39.0 Å². The number of carboxylic acids is 1. The molecule has 1 unspecified atom stereocenters. The largest absolute Gasteiger partial charge is 0.481 e. The van der Waals surface area contributed by atoms with Gasteiger partial charge in [-0.2, -0.15) is 0 Å². The molecule has 0 bridgehead atoms. The third kappa shape index (κ3) is 4.47. The number of carbonyl (C=O) groups excluding carboxylic acids is 1. The van der Waals surface area contributed by atoms with E-state index in [1.807, 2.05) is 0 Å². The summed E-state index contributed by atoms with van der Waals surface area (Å²) in [5.74, 6) is -1.47. The molecule has 1 amide bonds. The van der Waals surface area contributed by atoms with E-state index in [0.717, 1.165) is 19.3 Å². The zero-order valence-corrected chi connectivity index (χ0v) is 9.66. The number of hydrogen-bond acceptors (Lipinski definition) is 2. The van der Waals surface area contributed by atoms with Crippen LogP contribution < -0.4 is 5.32 Å². The predicted octanol–water partition coefficient (Wildman–Crippen LogP) is 1.71. The SMILES string of the molecule is CC(CNC(=O)CC1=CCCCC1)C(=O)O. The fourth-order valence-electron chi connectivity index (χ4n) is 1.69. The maximum Gasteiger partial charge on any atom is 0.308 e. The molecule has 90 valence electrons. The molecule has 0 aromatic carbocycles. The first kappa shape index (κ1) is 12.7. The Morgan fingerprint density at radius 2 is 2.25 bits per heavy atom. The first-order valence-corrected chi connectivity index (χ1v) is 5.77. The highest BCUT2D eigenvalue weighted by Crippen LogP contribution is 2.19. The zero-order chi connectivity index (χ0) is 12.0. The third-order valence-electron chi connectivity index (χ3n) is 2.80. The molecule has 1 aliphatic carbocycles. The summed E-state index contributed by atoms with van der Waals surface area (Å²) >= 11 is 0. The average molecular weight is 225 g/mol. The number of allylic oxidation sites excluding steroid dienone is 1. The second kappa shape index (κ2) is 6.30. The Kier molecular flexibility index (Phi) is 5.02. The fraction of sp³-hybridized carbons (Fsp3) is 0.667. The van der Waals surface area contributed by atoms with Crippen LogP contribution in [-0.4, -0.2) is 23.5 Å². The van der Waals surface area contributed by atoms with Crippen molar-refractivity contribution in [2.75, 3.05) is 6.54 Å². The highest BCUT2D eigenvalue weighted by Gasteiger charge is 2.13. The van der Waals surface area contributed by atoms with Gasteiger partial charge in [-0.05, 0) is 25.7 Å². The van der Waals surface area contributed by atoms with Crippen molar-refractivity contribution in [3.05, 3.63) is 11.6 Å². The maximum atomic E-state index is 11.5. The van der Waals surface area contributed by atoms with E-state index in [0.29, 0.717) is 6.42 Å². The summed E-state index contributed by atoms with van der Waals surface area (Å²) in [4.78, 5) is 22.0. The minimum absolute atomic E-state index is 0.0683. The van der Waals surface area contributed by atoms with E-state index in [4.69, 9.17) is 5.11 Å². The van der Waals surface area contributed by atoms with E-state index in [-0.39, 0.29) is 12.5 Å². The molecule has 16 heavy (non-hydrogen) atoms. The molecule has 0 spiro atoms. The lowest BCUT2D eigenvalue weighted by atomic mass is 9.97. The summed E-state index contributed by atoms with van der Waals surface area (Å²) in [6.07, 6.45) is 6.98. The number of hydrogen-bond donors (Lipinski definition) is 2. The highest BCUT2D eigenvalue weighted by molar-refractivity contribution is 5.79. The number of carboxylic acid groups (broad SMARTS) is 1. The van der Waals surface area contributed by atoms with Crippen molar-refractivity contribution < 1.29 is 14.7 Å². The van der Waals surface area contributed by atoms with Crippen LogP contribution in [0.2, 0.25) is 0 Å². The lowest BCUT2D eigenvalue weighted by molar-refractivity contribution is -0.141. The van der Waals surface area contributed by atoms with E-state index in [9.17, 15) is 9.59 Å². The number of rotatable bonds is 5. The molecule has 1 aliphatic rings. The van der Waals surface area contributed by atoms with Crippen molar-refractivity contribution >= 4 is 11.9 Å². The minimum Gasteiger partial charge on any atom is -0.481 e. The van der Waals surface area contributed by atoms with Gasteiger partial charge < -0.3 is 10.4 Å². The molecule has 0 saturated carbocycles. The van der Waals surface area contributed by atoms with Crippen molar-refractivity contribution in [2.24, 2.45) is 5.92 Å². The first-order valence-electron chi connectivity index (χ1n) is 5.77. The summed E-state index contributed by atoms with van der Waals surface area (Å²) in [6, 6.07) is 0. The van der Waals surface area contributed by atoms with Crippen LogP contribution in [0.15, 0.2) is 11.6 Å².